The Morgan fingerprint density at radius 2 is 1.64 bits per heavy atom. The Bertz CT molecular complexity index is 871. The van der Waals surface area contributed by atoms with E-state index in [1.807, 2.05) is 18.2 Å². The topological polar surface area (TPSA) is 117 Å². The molecule has 1 unspecified atom stereocenters. The summed E-state index contributed by atoms with van der Waals surface area (Å²) in [5, 5.41) is 8.14. The van der Waals surface area contributed by atoms with Gasteiger partial charge in [0.15, 0.2) is 0 Å². The van der Waals surface area contributed by atoms with Gasteiger partial charge in [-0.25, -0.2) is 18.4 Å². The van der Waals surface area contributed by atoms with Crippen LogP contribution in [0.1, 0.15) is 6.92 Å². The molecule has 0 aliphatic carbocycles. The number of rotatable bonds is 10. The molecule has 0 aliphatic rings. The van der Waals surface area contributed by atoms with E-state index < -0.39 is 21.5 Å². The fraction of sp³-hybridized carbons (Fsp3) is 0.316. The Balaban J connectivity index is 1.88. The van der Waals surface area contributed by atoms with Crippen LogP contribution in [-0.4, -0.2) is 46.8 Å². The first-order chi connectivity index (χ1) is 13.2. The summed E-state index contributed by atoms with van der Waals surface area (Å²) < 4.78 is 38.6. The minimum Gasteiger partial charge on any atom is -0.492 e. The Kier molecular flexibility index (Phi) is 7.38. The standard InChI is InChI=1S/C19H24N2O6S/c1-19(18(22)25-2,14-27-15-6-4-3-5-7-15)21-12-13-26-16-8-10-17(11-9-16)28(20,23)24/h3-11,21H,12-14H2,1-2H3,(H2,20,23,24). The minimum absolute atomic E-state index is 0.00861. The predicted octanol–water partition coefficient (Wildman–Crippen LogP) is 1.31. The molecule has 0 saturated heterocycles. The molecule has 152 valence electrons. The van der Waals surface area contributed by atoms with E-state index in [-0.39, 0.29) is 18.1 Å². The van der Waals surface area contributed by atoms with Crippen LogP contribution in [0.5, 0.6) is 11.5 Å². The number of nitrogens with one attached hydrogen (secondary N) is 1. The van der Waals surface area contributed by atoms with Gasteiger partial charge in [0.05, 0.1) is 12.0 Å². The van der Waals surface area contributed by atoms with Gasteiger partial charge < -0.3 is 14.2 Å². The Labute approximate surface area is 164 Å². The summed E-state index contributed by atoms with van der Waals surface area (Å²) in [6.45, 7) is 2.34. The summed E-state index contributed by atoms with van der Waals surface area (Å²) in [7, 11) is -2.43. The van der Waals surface area contributed by atoms with Gasteiger partial charge >= 0.3 is 5.97 Å². The number of benzene rings is 2. The molecular formula is C19H24N2O6S. The molecule has 0 aromatic heterocycles. The van der Waals surface area contributed by atoms with Crippen molar-refractivity contribution in [2.75, 3.05) is 26.9 Å². The summed E-state index contributed by atoms with van der Waals surface area (Å²) in [5.41, 5.74) is -1.06. The third-order valence-corrected chi connectivity index (χ3v) is 4.87. The normalized spacial score (nSPS) is 13.4. The zero-order chi connectivity index (χ0) is 20.6. The van der Waals surface area contributed by atoms with E-state index in [1.165, 1.54) is 31.4 Å². The molecule has 2 aromatic carbocycles. The maximum absolute atomic E-state index is 12.2. The number of nitrogens with two attached hydrogens (primary N) is 1. The molecule has 0 fully saturated rings. The van der Waals surface area contributed by atoms with Crippen LogP contribution in [0.3, 0.4) is 0 Å². The first-order valence-electron chi connectivity index (χ1n) is 8.51. The lowest BCUT2D eigenvalue weighted by Gasteiger charge is -2.28. The zero-order valence-corrected chi connectivity index (χ0v) is 16.6. The highest BCUT2D eigenvalue weighted by molar-refractivity contribution is 7.89. The van der Waals surface area contributed by atoms with Crippen molar-refractivity contribution in [1.29, 1.82) is 0 Å². The smallest absolute Gasteiger partial charge is 0.329 e. The van der Waals surface area contributed by atoms with Crippen molar-refractivity contribution >= 4 is 16.0 Å². The molecular weight excluding hydrogens is 384 g/mol. The van der Waals surface area contributed by atoms with E-state index in [1.54, 1.807) is 19.1 Å². The summed E-state index contributed by atoms with van der Waals surface area (Å²) in [5.74, 6) is 0.668. The van der Waals surface area contributed by atoms with Gasteiger partial charge in [0.1, 0.15) is 30.3 Å². The van der Waals surface area contributed by atoms with Gasteiger partial charge in [0.25, 0.3) is 0 Å². The minimum atomic E-state index is -3.74. The lowest BCUT2D eigenvalue weighted by atomic mass is 10.0. The van der Waals surface area contributed by atoms with Crippen LogP contribution in [0, 0.1) is 0 Å². The van der Waals surface area contributed by atoms with Crippen LogP contribution < -0.4 is 19.9 Å². The lowest BCUT2D eigenvalue weighted by Crippen LogP contribution is -2.55. The van der Waals surface area contributed by atoms with E-state index in [2.05, 4.69) is 5.32 Å². The molecule has 0 radical (unpaired) electrons. The van der Waals surface area contributed by atoms with Crippen molar-refractivity contribution in [2.24, 2.45) is 5.14 Å². The number of carbonyl (C=O) groups excluding carboxylic acids is 1. The van der Waals surface area contributed by atoms with E-state index in [0.29, 0.717) is 18.0 Å². The van der Waals surface area contributed by atoms with Crippen molar-refractivity contribution in [3.63, 3.8) is 0 Å². The Morgan fingerprint density at radius 1 is 1.04 bits per heavy atom. The molecule has 0 amide bonds. The van der Waals surface area contributed by atoms with E-state index >= 15 is 0 Å². The average Bonchev–Trinajstić information content (AvgIpc) is 2.69. The Hall–Kier alpha value is -2.62. The molecule has 2 aromatic rings. The van der Waals surface area contributed by atoms with Crippen LogP contribution in [0.4, 0.5) is 0 Å². The fourth-order valence-corrected chi connectivity index (χ4v) is 2.89. The Morgan fingerprint density at radius 3 is 2.21 bits per heavy atom. The van der Waals surface area contributed by atoms with Crippen LogP contribution in [-0.2, 0) is 19.6 Å². The van der Waals surface area contributed by atoms with Crippen LogP contribution in [0.15, 0.2) is 59.5 Å². The third kappa shape index (κ3) is 6.22. The van der Waals surface area contributed by atoms with Crippen LogP contribution in [0.2, 0.25) is 0 Å². The SMILES string of the molecule is COC(=O)C(C)(COc1ccccc1)NCCOc1ccc(S(N)(=O)=O)cc1. The largest absolute Gasteiger partial charge is 0.492 e. The highest BCUT2D eigenvalue weighted by Gasteiger charge is 2.35. The molecule has 9 heteroatoms. The summed E-state index contributed by atoms with van der Waals surface area (Å²) in [6.07, 6.45) is 0. The van der Waals surface area contributed by atoms with Crippen molar-refractivity contribution in [3.05, 3.63) is 54.6 Å². The van der Waals surface area contributed by atoms with Crippen LogP contribution in [0.25, 0.3) is 0 Å². The molecule has 3 N–H and O–H groups in total. The van der Waals surface area contributed by atoms with Gasteiger partial charge in [0, 0.05) is 6.54 Å². The highest BCUT2D eigenvalue weighted by Crippen LogP contribution is 2.16. The van der Waals surface area contributed by atoms with Crippen molar-refractivity contribution < 1.29 is 27.4 Å². The van der Waals surface area contributed by atoms with Gasteiger partial charge in [-0.1, -0.05) is 18.2 Å². The summed E-state index contributed by atoms with van der Waals surface area (Å²) >= 11 is 0. The van der Waals surface area contributed by atoms with Gasteiger partial charge in [-0.2, -0.15) is 0 Å². The zero-order valence-electron chi connectivity index (χ0n) is 15.8. The summed E-state index contributed by atoms with van der Waals surface area (Å²) in [6, 6.07) is 14.9. The molecule has 0 heterocycles. The van der Waals surface area contributed by atoms with Crippen molar-refractivity contribution in [2.45, 2.75) is 17.4 Å². The van der Waals surface area contributed by atoms with Gasteiger partial charge in [-0.05, 0) is 43.3 Å². The summed E-state index contributed by atoms with van der Waals surface area (Å²) in [4.78, 5) is 12.2. The number of ether oxygens (including phenoxy) is 3. The second kappa shape index (κ2) is 9.54. The fourth-order valence-electron chi connectivity index (χ4n) is 2.37. The van der Waals surface area contributed by atoms with Gasteiger partial charge in [0.2, 0.25) is 10.0 Å². The molecule has 1 atom stereocenters. The van der Waals surface area contributed by atoms with Gasteiger partial charge in [-0.3, -0.25) is 5.32 Å². The van der Waals surface area contributed by atoms with Crippen LogP contribution >= 0.6 is 0 Å². The number of para-hydroxylation sites is 1. The third-order valence-electron chi connectivity index (χ3n) is 3.94. The van der Waals surface area contributed by atoms with E-state index in [0.717, 1.165) is 0 Å². The molecule has 2 rings (SSSR count). The second-order valence-electron chi connectivity index (χ2n) is 6.22. The maximum Gasteiger partial charge on any atom is 0.329 e. The van der Waals surface area contributed by atoms with Crippen molar-refractivity contribution in [1.82, 2.24) is 5.32 Å². The second-order valence-corrected chi connectivity index (χ2v) is 7.78. The molecule has 0 spiro atoms. The quantitative estimate of drug-likeness (QED) is 0.450. The highest BCUT2D eigenvalue weighted by atomic mass is 32.2. The number of primary sulfonamides is 1. The average molecular weight is 408 g/mol. The van der Waals surface area contributed by atoms with Gasteiger partial charge in [-0.15, -0.1) is 0 Å². The van der Waals surface area contributed by atoms with Crippen molar-refractivity contribution in [3.8, 4) is 11.5 Å². The van der Waals surface area contributed by atoms with E-state index in [9.17, 15) is 13.2 Å². The molecule has 0 aliphatic heterocycles. The molecule has 8 nitrogen and oxygen atoms in total. The predicted molar refractivity (Wildman–Crippen MR) is 104 cm³/mol. The number of carbonyl (C=O) groups is 1. The first kappa shape index (κ1) is 21.7. The number of sulfonamides is 1. The first-order valence-corrected chi connectivity index (χ1v) is 10.1. The molecule has 28 heavy (non-hydrogen) atoms. The monoisotopic (exact) mass is 408 g/mol. The number of hydrogen-bond acceptors (Lipinski definition) is 7. The number of esters is 1. The number of methoxy groups -OCH3 is 1. The maximum atomic E-state index is 12.2. The van der Waals surface area contributed by atoms with E-state index in [4.69, 9.17) is 19.3 Å². The number of hydrogen-bond donors (Lipinski definition) is 2. The lowest BCUT2D eigenvalue weighted by molar-refractivity contribution is -0.149. The molecule has 0 saturated carbocycles. The molecule has 0 bridgehead atoms.